The largest absolute Gasteiger partial charge is 0.466 e. The van der Waals surface area contributed by atoms with Crippen molar-refractivity contribution in [1.82, 2.24) is 5.32 Å². The Morgan fingerprint density at radius 3 is 1.00 bits per heavy atom. The minimum atomic E-state index is -0.857. The summed E-state index contributed by atoms with van der Waals surface area (Å²) in [5.41, 5.74) is 0. The Kier molecular flexibility index (Phi) is 63.9. The molecular formula is C70H133NO5. The van der Waals surface area contributed by atoms with E-state index < -0.39 is 12.1 Å². The summed E-state index contributed by atoms with van der Waals surface area (Å²) in [4.78, 5) is 24.6. The summed E-state index contributed by atoms with van der Waals surface area (Å²) in [7, 11) is 0. The highest BCUT2D eigenvalue weighted by molar-refractivity contribution is 5.76. The van der Waals surface area contributed by atoms with Crippen LogP contribution in [-0.2, 0) is 14.3 Å². The van der Waals surface area contributed by atoms with Crippen LogP contribution < -0.4 is 5.32 Å². The molecule has 0 aliphatic heterocycles. The second-order valence-corrected chi connectivity index (χ2v) is 23.5. The number of aliphatic hydroxyl groups is 2. The van der Waals surface area contributed by atoms with Crippen LogP contribution in [0, 0.1) is 0 Å². The van der Waals surface area contributed by atoms with Crippen LogP contribution in [0.2, 0.25) is 0 Å². The molecule has 0 aliphatic carbocycles. The highest BCUT2D eigenvalue weighted by atomic mass is 16.5. The first kappa shape index (κ1) is 74.1. The number of aliphatic hydroxyl groups excluding tert-OH is 2. The highest BCUT2D eigenvalue weighted by Gasteiger charge is 2.18. The normalized spacial score (nSPS) is 12.7. The van der Waals surface area contributed by atoms with Crippen LogP contribution in [0.15, 0.2) is 36.5 Å². The number of hydrogen-bond donors (Lipinski definition) is 3. The van der Waals surface area contributed by atoms with Crippen LogP contribution in [0.1, 0.15) is 373 Å². The molecular weight excluding hydrogens is 935 g/mol. The summed E-state index contributed by atoms with van der Waals surface area (Å²) >= 11 is 0. The lowest BCUT2D eigenvalue weighted by Crippen LogP contribution is -2.45. The molecule has 0 rings (SSSR count). The standard InChI is InChI=1S/C70H133NO5/c1-3-5-7-9-11-13-15-17-19-21-23-24-25-26-28-30-34-38-42-46-50-54-58-62-68(73)67(66-72)71-69(74)63-59-55-51-47-43-39-35-31-29-33-37-41-45-49-53-57-61-65-76-70(75)64-60-56-52-48-44-40-36-32-27-22-20-18-16-14-12-10-8-6-4-2/h29,33,41,45,58,62,67-68,72-73H,3-28,30-32,34-40,42-44,46-57,59-61,63-66H2,1-2H3,(H,71,74)/b33-29-,45-41-,62-58+. The number of esters is 1. The molecule has 0 bridgehead atoms. The Labute approximate surface area is 474 Å². The van der Waals surface area contributed by atoms with Crippen LogP contribution in [0.25, 0.3) is 0 Å². The monoisotopic (exact) mass is 1070 g/mol. The summed E-state index contributed by atoms with van der Waals surface area (Å²) in [6.07, 6.45) is 83.5. The maximum absolute atomic E-state index is 12.5. The lowest BCUT2D eigenvalue weighted by Gasteiger charge is -2.20. The molecule has 0 saturated heterocycles. The van der Waals surface area contributed by atoms with Crippen molar-refractivity contribution in [1.29, 1.82) is 0 Å². The summed E-state index contributed by atoms with van der Waals surface area (Å²) < 4.78 is 5.48. The number of carbonyl (C=O) groups excluding carboxylic acids is 2. The van der Waals surface area contributed by atoms with E-state index in [-0.39, 0.29) is 18.5 Å². The third-order valence-corrected chi connectivity index (χ3v) is 15.9. The quantitative estimate of drug-likeness (QED) is 0.0320. The zero-order valence-corrected chi connectivity index (χ0v) is 51.3. The van der Waals surface area contributed by atoms with Gasteiger partial charge in [0, 0.05) is 12.8 Å². The zero-order chi connectivity index (χ0) is 55.0. The summed E-state index contributed by atoms with van der Waals surface area (Å²) in [5.74, 6) is -0.0915. The van der Waals surface area contributed by atoms with Gasteiger partial charge in [0.15, 0.2) is 0 Å². The molecule has 76 heavy (non-hydrogen) atoms. The highest BCUT2D eigenvalue weighted by Crippen LogP contribution is 2.18. The molecule has 0 aromatic carbocycles. The first-order chi connectivity index (χ1) is 37.5. The second-order valence-electron chi connectivity index (χ2n) is 23.5. The molecule has 0 aromatic heterocycles. The Morgan fingerprint density at radius 1 is 0.368 bits per heavy atom. The Bertz CT molecular complexity index is 1230. The molecule has 2 atom stereocenters. The van der Waals surface area contributed by atoms with E-state index >= 15 is 0 Å². The van der Waals surface area contributed by atoms with E-state index in [9.17, 15) is 19.8 Å². The molecule has 0 radical (unpaired) electrons. The molecule has 3 N–H and O–H groups in total. The molecule has 2 unspecified atom stereocenters. The van der Waals surface area contributed by atoms with Crippen molar-refractivity contribution in [2.24, 2.45) is 0 Å². The molecule has 0 heterocycles. The van der Waals surface area contributed by atoms with E-state index in [1.807, 2.05) is 6.08 Å². The van der Waals surface area contributed by atoms with E-state index in [4.69, 9.17) is 4.74 Å². The van der Waals surface area contributed by atoms with Gasteiger partial charge >= 0.3 is 5.97 Å². The molecule has 1 amide bonds. The summed E-state index contributed by atoms with van der Waals surface area (Å²) in [6, 6.07) is -0.642. The maximum atomic E-state index is 12.5. The zero-order valence-electron chi connectivity index (χ0n) is 51.3. The van der Waals surface area contributed by atoms with Gasteiger partial charge in [-0.25, -0.2) is 0 Å². The maximum Gasteiger partial charge on any atom is 0.305 e. The fourth-order valence-corrected chi connectivity index (χ4v) is 10.7. The number of amides is 1. The lowest BCUT2D eigenvalue weighted by molar-refractivity contribution is -0.143. The third kappa shape index (κ3) is 61.3. The molecule has 0 spiro atoms. The van der Waals surface area contributed by atoms with Crippen LogP contribution in [-0.4, -0.2) is 47.4 Å². The number of unbranched alkanes of at least 4 members (excludes halogenated alkanes) is 49. The van der Waals surface area contributed by atoms with Crippen LogP contribution in [0.3, 0.4) is 0 Å². The van der Waals surface area contributed by atoms with Gasteiger partial charge in [-0.05, 0) is 70.6 Å². The fraction of sp³-hybridized carbons (Fsp3) is 0.886. The summed E-state index contributed by atoms with van der Waals surface area (Å²) in [6.45, 7) is 4.90. The number of carbonyl (C=O) groups is 2. The van der Waals surface area contributed by atoms with E-state index in [1.165, 1.54) is 263 Å². The molecule has 0 aromatic rings. The Balaban J connectivity index is 3.49. The molecule has 0 saturated carbocycles. The SMILES string of the molecule is CCCCCCCCCCCCCCCCCCCCCCC/C=C/C(O)C(CO)NC(=O)CCCCCCCCC/C=C\C/C=C\CCCCCOC(=O)CCCCCCCCCCCCCCCCCCCCC. The van der Waals surface area contributed by atoms with Crippen molar-refractivity contribution in [3.63, 3.8) is 0 Å². The molecule has 0 fully saturated rings. The smallest absolute Gasteiger partial charge is 0.305 e. The van der Waals surface area contributed by atoms with Crippen molar-refractivity contribution in [2.45, 2.75) is 386 Å². The predicted octanol–water partition coefficient (Wildman–Crippen LogP) is 21.9. The van der Waals surface area contributed by atoms with Crippen molar-refractivity contribution < 1.29 is 24.5 Å². The average molecular weight is 1070 g/mol. The Hall–Kier alpha value is -1.92. The number of rotatable bonds is 64. The number of allylic oxidation sites excluding steroid dienone is 5. The first-order valence-electron chi connectivity index (χ1n) is 34.3. The minimum absolute atomic E-state index is 0.0110. The van der Waals surface area contributed by atoms with Gasteiger partial charge in [0.05, 0.1) is 25.4 Å². The third-order valence-electron chi connectivity index (χ3n) is 15.9. The fourth-order valence-electron chi connectivity index (χ4n) is 10.7. The molecule has 6 heteroatoms. The predicted molar refractivity (Wildman–Crippen MR) is 333 cm³/mol. The van der Waals surface area contributed by atoms with Gasteiger partial charge < -0.3 is 20.3 Å². The molecule has 0 aliphatic rings. The number of nitrogens with one attached hydrogen (secondary N) is 1. The average Bonchev–Trinajstić information content (AvgIpc) is 3.42. The number of ether oxygens (including phenoxy) is 1. The van der Waals surface area contributed by atoms with Crippen molar-refractivity contribution in [3.8, 4) is 0 Å². The van der Waals surface area contributed by atoms with Gasteiger partial charge in [-0.15, -0.1) is 0 Å². The van der Waals surface area contributed by atoms with E-state index in [0.29, 0.717) is 19.4 Å². The summed E-state index contributed by atoms with van der Waals surface area (Å²) in [5, 5.41) is 23.2. The van der Waals surface area contributed by atoms with Gasteiger partial charge in [-0.1, -0.05) is 326 Å². The number of hydrogen-bond acceptors (Lipinski definition) is 5. The van der Waals surface area contributed by atoms with Gasteiger partial charge in [-0.2, -0.15) is 0 Å². The topological polar surface area (TPSA) is 95.9 Å². The van der Waals surface area contributed by atoms with Crippen LogP contribution >= 0.6 is 0 Å². The Morgan fingerprint density at radius 2 is 0.658 bits per heavy atom. The first-order valence-corrected chi connectivity index (χ1v) is 34.3. The van der Waals surface area contributed by atoms with Crippen LogP contribution in [0.4, 0.5) is 0 Å². The molecule has 448 valence electrons. The molecule has 6 nitrogen and oxygen atoms in total. The van der Waals surface area contributed by atoms with Crippen molar-refractivity contribution in [3.05, 3.63) is 36.5 Å². The van der Waals surface area contributed by atoms with Gasteiger partial charge in [0.25, 0.3) is 0 Å². The van der Waals surface area contributed by atoms with Crippen LogP contribution in [0.5, 0.6) is 0 Å². The van der Waals surface area contributed by atoms with Gasteiger partial charge in [-0.3, -0.25) is 9.59 Å². The second kappa shape index (κ2) is 65.6. The van der Waals surface area contributed by atoms with E-state index in [1.54, 1.807) is 6.08 Å². The van der Waals surface area contributed by atoms with Gasteiger partial charge in [0.1, 0.15) is 0 Å². The van der Waals surface area contributed by atoms with E-state index in [2.05, 4.69) is 43.5 Å². The lowest BCUT2D eigenvalue weighted by atomic mass is 10.0. The van der Waals surface area contributed by atoms with Crippen molar-refractivity contribution >= 4 is 11.9 Å². The van der Waals surface area contributed by atoms with Gasteiger partial charge in [0.2, 0.25) is 5.91 Å². The van der Waals surface area contributed by atoms with Crippen molar-refractivity contribution in [2.75, 3.05) is 13.2 Å². The van der Waals surface area contributed by atoms with E-state index in [0.717, 1.165) is 83.5 Å². The minimum Gasteiger partial charge on any atom is -0.466 e.